The second kappa shape index (κ2) is 9.56. The normalized spacial score (nSPS) is 11.0. The Hall–Kier alpha value is -5.14. The van der Waals surface area contributed by atoms with Crippen molar-refractivity contribution in [2.75, 3.05) is 12.3 Å². The monoisotopic (exact) mass is 463 g/mol. The number of hydrogen-bond acceptors (Lipinski definition) is 11. The van der Waals surface area contributed by atoms with E-state index >= 15 is 0 Å². The maximum Gasteiger partial charge on any atom is 0.294 e. The van der Waals surface area contributed by atoms with Gasteiger partial charge in [-0.3, -0.25) is 14.9 Å². The summed E-state index contributed by atoms with van der Waals surface area (Å²) in [6, 6.07) is 12.7. The highest BCUT2D eigenvalue weighted by molar-refractivity contribution is 5.98. The van der Waals surface area contributed by atoms with Crippen molar-refractivity contribution in [2.45, 2.75) is 6.92 Å². The van der Waals surface area contributed by atoms with Gasteiger partial charge in [-0.1, -0.05) is 17.3 Å². The molecule has 0 aliphatic rings. The molecule has 0 atom stereocenters. The molecule has 0 aliphatic carbocycles. The molecule has 14 heteroatoms. The average Bonchev–Trinajstić information content (AvgIpc) is 3.46. The number of hydrazone groups is 1. The van der Waals surface area contributed by atoms with Crippen molar-refractivity contribution in [2.24, 2.45) is 5.10 Å². The number of anilines is 1. The number of nitrogens with two attached hydrogens (primary N) is 1. The van der Waals surface area contributed by atoms with Gasteiger partial charge in [-0.2, -0.15) is 9.78 Å². The molecule has 34 heavy (non-hydrogen) atoms. The predicted octanol–water partition coefficient (Wildman–Crippen LogP) is 1.97. The maximum absolute atomic E-state index is 12.9. The van der Waals surface area contributed by atoms with Crippen LogP contribution in [0.4, 0.5) is 11.5 Å². The number of carbonyl (C=O) groups excluding carboxylic acids is 1. The Balaban J connectivity index is 1.65. The number of nitro benzene ring substituents is 1. The first-order valence-electron chi connectivity index (χ1n) is 9.83. The summed E-state index contributed by atoms with van der Waals surface area (Å²) in [7, 11) is 0. The number of ether oxygens (including phenoxy) is 1. The molecule has 3 N–H and O–H groups in total. The lowest BCUT2D eigenvalue weighted by Gasteiger charge is -2.07. The number of nitrogen functional groups attached to an aromatic ring is 1. The summed E-state index contributed by atoms with van der Waals surface area (Å²) in [5.41, 5.74) is 9.20. The number of nitro groups is 1. The van der Waals surface area contributed by atoms with Crippen molar-refractivity contribution >= 4 is 23.6 Å². The Morgan fingerprint density at radius 1 is 1.29 bits per heavy atom. The van der Waals surface area contributed by atoms with E-state index in [1.54, 1.807) is 30.3 Å². The van der Waals surface area contributed by atoms with Crippen molar-refractivity contribution in [1.82, 2.24) is 30.7 Å². The second-order valence-electron chi connectivity index (χ2n) is 6.68. The molecule has 172 valence electrons. The van der Waals surface area contributed by atoms with Gasteiger partial charge in [0.1, 0.15) is 11.4 Å². The minimum Gasteiger partial charge on any atom is -0.494 e. The highest BCUT2D eigenvalue weighted by Gasteiger charge is 2.25. The van der Waals surface area contributed by atoms with E-state index in [1.165, 1.54) is 29.1 Å². The van der Waals surface area contributed by atoms with Crippen molar-refractivity contribution in [3.63, 3.8) is 0 Å². The van der Waals surface area contributed by atoms with Gasteiger partial charge in [-0.15, -0.1) is 5.10 Å². The van der Waals surface area contributed by atoms with Crippen molar-refractivity contribution in [3.8, 4) is 22.8 Å². The van der Waals surface area contributed by atoms with Gasteiger partial charge in [0.15, 0.2) is 5.69 Å². The molecule has 2 heterocycles. The summed E-state index contributed by atoms with van der Waals surface area (Å²) in [6.07, 6.45) is 1.27. The third kappa shape index (κ3) is 4.55. The maximum atomic E-state index is 12.9. The molecular weight excluding hydrogens is 446 g/mol. The van der Waals surface area contributed by atoms with Gasteiger partial charge in [0.05, 0.1) is 17.7 Å². The Morgan fingerprint density at radius 2 is 2.09 bits per heavy atom. The molecule has 0 radical (unpaired) electrons. The highest BCUT2D eigenvalue weighted by atomic mass is 16.6. The number of non-ortho nitro benzene ring substituents is 1. The number of carbonyl (C=O) groups is 1. The molecule has 0 fully saturated rings. The molecule has 0 saturated carbocycles. The fourth-order valence-corrected chi connectivity index (χ4v) is 2.99. The van der Waals surface area contributed by atoms with Crippen LogP contribution in [0.1, 0.15) is 23.0 Å². The van der Waals surface area contributed by atoms with Crippen LogP contribution in [0.2, 0.25) is 0 Å². The van der Waals surface area contributed by atoms with Crippen LogP contribution in [0, 0.1) is 10.1 Å². The molecule has 1 amide bonds. The zero-order valence-corrected chi connectivity index (χ0v) is 17.7. The number of nitrogens with zero attached hydrogens (tertiary/aromatic N) is 7. The molecule has 2 aromatic heterocycles. The van der Waals surface area contributed by atoms with Gasteiger partial charge in [-0.05, 0) is 41.5 Å². The van der Waals surface area contributed by atoms with Crippen LogP contribution in [0.3, 0.4) is 0 Å². The molecule has 14 nitrogen and oxygen atoms in total. The summed E-state index contributed by atoms with van der Waals surface area (Å²) in [5.74, 6) is -0.0458. The van der Waals surface area contributed by atoms with Gasteiger partial charge >= 0.3 is 0 Å². The summed E-state index contributed by atoms with van der Waals surface area (Å²) >= 11 is 0. The van der Waals surface area contributed by atoms with E-state index in [0.29, 0.717) is 23.5 Å². The molecule has 4 aromatic rings. The fraction of sp³-hybridized carbons (Fsp3) is 0.100. The first-order valence-corrected chi connectivity index (χ1v) is 9.83. The Kier molecular flexibility index (Phi) is 6.20. The smallest absolute Gasteiger partial charge is 0.294 e. The molecule has 0 aliphatic heterocycles. The highest BCUT2D eigenvalue weighted by Crippen LogP contribution is 2.28. The predicted molar refractivity (Wildman–Crippen MR) is 118 cm³/mol. The van der Waals surface area contributed by atoms with Gasteiger partial charge in [-0.25, -0.2) is 10.1 Å². The van der Waals surface area contributed by atoms with E-state index in [2.05, 4.69) is 35.8 Å². The van der Waals surface area contributed by atoms with Gasteiger partial charge in [0, 0.05) is 23.3 Å². The van der Waals surface area contributed by atoms with Crippen LogP contribution < -0.4 is 15.9 Å². The summed E-state index contributed by atoms with van der Waals surface area (Å²) in [4.78, 5) is 23.3. The van der Waals surface area contributed by atoms with E-state index in [0.717, 1.165) is 0 Å². The van der Waals surface area contributed by atoms with Crippen LogP contribution in [-0.4, -0.2) is 49.0 Å². The largest absolute Gasteiger partial charge is 0.494 e. The lowest BCUT2D eigenvalue weighted by molar-refractivity contribution is -0.384. The quantitative estimate of drug-likeness (QED) is 0.222. The Bertz CT molecular complexity index is 1360. The molecule has 0 spiro atoms. The average molecular weight is 463 g/mol. The second-order valence-corrected chi connectivity index (χ2v) is 6.68. The summed E-state index contributed by atoms with van der Waals surface area (Å²) < 4.78 is 11.3. The van der Waals surface area contributed by atoms with Crippen molar-refractivity contribution < 1.29 is 19.1 Å². The Morgan fingerprint density at radius 3 is 2.76 bits per heavy atom. The van der Waals surface area contributed by atoms with Crippen molar-refractivity contribution in [3.05, 3.63) is 69.9 Å². The van der Waals surface area contributed by atoms with Crippen LogP contribution >= 0.6 is 0 Å². The third-order valence-corrected chi connectivity index (χ3v) is 4.48. The van der Waals surface area contributed by atoms with Crippen LogP contribution in [0.25, 0.3) is 17.1 Å². The van der Waals surface area contributed by atoms with Crippen LogP contribution in [0.15, 0.2) is 58.3 Å². The lowest BCUT2D eigenvalue weighted by Crippen LogP contribution is -2.19. The standard InChI is InChI=1S/C20H17N9O5/c1-2-33-15-8-6-13(7-9-15)17-16(23-27-28(17)19-18(21)25-34-26-19)20(30)24-22-11-12-4-3-5-14(10-12)29(31)32/h3-11H,2H2,1H3,(H2,21,25)(H,24,30)/b22-11-. The molecule has 4 rings (SSSR count). The van der Waals surface area contributed by atoms with E-state index in [-0.39, 0.29) is 28.7 Å². The molecule has 0 unspecified atom stereocenters. The SMILES string of the molecule is CCOc1ccc(-c2c(C(=O)N/N=C\c3cccc([N+](=O)[O-])c3)nnn2-c2nonc2N)cc1. The van der Waals surface area contributed by atoms with Crippen LogP contribution in [-0.2, 0) is 0 Å². The topological polar surface area (TPSA) is 189 Å². The first-order chi connectivity index (χ1) is 16.5. The van der Waals surface area contributed by atoms with E-state index in [9.17, 15) is 14.9 Å². The number of aromatic nitrogens is 5. The summed E-state index contributed by atoms with van der Waals surface area (Å²) in [5, 5.41) is 30.0. The van der Waals surface area contributed by atoms with Gasteiger partial charge in [0.25, 0.3) is 11.6 Å². The van der Waals surface area contributed by atoms with E-state index in [1.807, 2.05) is 6.92 Å². The lowest BCUT2D eigenvalue weighted by atomic mass is 10.1. The zero-order valence-electron chi connectivity index (χ0n) is 17.7. The molecule has 0 saturated heterocycles. The molecule has 0 bridgehead atoms. The zero-order chi connectivity index (χ0) is 24.1. The van der Waals surface area contributed by atoms with Crippen LogP contribution in [0.5, 0.6) is 5.75 Å². The van der Waals surface area contributed by atoms with Gasteiger partial charge < -0.3 is 10.5 Å². The number of nitrogens with one attached hydrogen (secondary N) is 1. The number of hydrogen-bond donors (Lipinski definition) is 2. The third-order valence-electron chi connectivity index (χ3n) is 4.48. The van der Waals surface area contributed by atoms with E-state index < -0.39 is 10.8 Å². The number of rotatable bonds is 8. The summed E-state index contributed by atoms with van der Waals surface area (Å²) in [6.45, 7) is 2.36. The molecular formula is C20H17N9O5. The minimum absolute atomic E-state index is 0.0484. The minimum atomic E-state index is -0.688. The number of benzene rings is 2. The number of amides is 1. The molecule has 2 aromatic carbocycles. The van der Waals surface area contributed by atoms with Crippen molar-refractivity contribution in [1.29, 1.82) is 0 Å². The van der Waals surface area contributed by atoms with E-state index in [4.69, 9.17) is 10.5 Å². The van der Waals surface area contributed by atoms with Gasteiger partial charge in [0.2, 0.25) is 11.6 Å². The first kappa shape index (κ1) is 22.1. The fourth-order valence-electron chi connectivity index (χ4n) is 2.99. The Labute approximate surface area is 191 Å².